The number of piperazine rings is 1. The number of hydrogen-bond acceptors (Lipinski definition) is 10. The summed E-state index contributed by atoms with van der Waals surface area (Å²) in [6.45, 7) is 6.38. The van der Waals surface area contributed by atoms with E-state index in [-0.39, 0.29) is 5.92 Å². The molecule has 29 heavy (non-hydrogen) atoms. The average Bonchev–Trinajstić information content (AvgIpc) is 3.20. The van der Waals surface area contributed by atoms with Gasteiger partial charge in [-0.25, -0.2) is 18.4 Å². The minimum atomic E-state index is -3.29. The van der Waals surface area contributed by atoms with E-state index >= 15 is 0 Å². The second kappa shape index (κ2) is 8.58. The largest absolute Gasteiger partial charge is 0.338 e. The maximum absolute atomic E-state index is 12.0. The fourth-order valence-corrected chi connectivity index (χ4v) is 5.71. The fourth-order valence-electron chi connectivity index (χ4n) is 3.98. The number of nitrogens with zero attached hydrogens (tertiary/aromatic N) is 7. The van der Waals surface area contributed by atoms with Gasteiger partial charge in [-0.2, -0.15) is 0 Å². The molecule has 0 amide bonds. The molecule has 2 aliphatic heterocycles. The fraction of sp³-hybridized carbons (Fsp3) is 0.667. The molecule has 158 valence electrons. The third-order valence-electron chi connectivity index (χ3n) is 5.58. The molecule has 11 heteroatoms. The molecule has 0 aromatic carbocycles. The van der Waals surface area contributed by atoms with Crippen molar-refractivity contribution in [3.05, 3.63) is 23.7 Å². The lowest BCUT2D eigenvalue weighted by molar-refractivity contribution is 0.195. The maximum Gasteiger partial charge on any atom is 0.225 e. The molecule has 0 saturated carbocycles. The Labute approximate surface area is 175 Å². The van der Waals surface area contributed by atoms with Crippen LogP contribution in [0.3, 0.4) is 0 Å². The van der Waals surface area contributed by atoms with Gasteiger partial charge < -0.3 is 9.80 Å². The van der Waals surface area contributed by atoms with Gasteiger partial charge in [0.25, 0.3) is 0 Å². The van der Waals surface area contributed by atoms with Crippen LogP contribution in [0, 0.1) is 0 Å². The van der Waals surface area contributed by atoms with E-state index in [1.54, 1.807) is 0 Å². The van der Waals surface area contributed by atoms with Gasteiger partial charge in [-0.3, -0.25) is 4.90 Å². The van der Waals surface area contributed by atoms with Gasteiger partial charge in [-0.15, -0.1) is 5.10 Å². The summed E-state index contributed by atoms with van der Waals surface area (Å²) in [4.78, 5) is 16.1. The first-order valence-corrected chi connectivity index (χ1v) is 12.6. The number of anilines is 1. The lowest BCUT2D eigenvalue weighted by atomic mass is 9.95. The lowest BCUT2D eigenvalue weighted by Gasteiger charge is -2.33. The summed E-state index contributed by atoms with van der Waals surface area (Å²) in [5.74, 6) is 0.887. The van der Waals surface area contributed by atoms with Crippen LogP contribution in [0.1, 0.15) is 30.1 Å². The molecule has 0 spiro atoms. The van der Waals surface area contributed by atoms with Crippen molar-refractivity contribution in [2.75, 3.05) is 57.5 Å². The van der Waals surface area contributed by atoms with Gasteiger partial charge in [-0.1, -0.05) is 4.49 Å². The van der Waals surface area contributed by atoms with Gasteiger partial charge in [-0.05, 0) is 32.5 Å². The van der Waals surface area contributed by atoms with Crippen molar-refractivity contribution in [2.24, 2.45) is 0 Å². The summed E-state index contributed by atoms with van der Waals surface area (Å²) in [7, 11) is -1.16. The van der Waals surface area contributed by atoms with Crippen molar-refractivity contribution in [1.82, 2.24) is 29.4 Å². The molecule has 0 unspecified atom stereocenters. The molecule has 9 nitrogen and oxygen atoms in total. The Morgan fingerprint density at radius 3 is 2.76 bits per heavy atom. The zero-order valence-electron chi connectivity index (χ0n) is 16.9. The zero-order valence-corrected chi connectivity index (χ0v) is 18.5. The van der Waals surface area contributed by atoms with E-state index in [2.05, 4.69) is 36.3 Å². The first-order valence-electron chi connectivity index (χ1n) is 9.90. The van der Waals surface area contributed by atoms with E-state index in [9.17, 15) is 8.42 Å². The Bertz CT molecular complexity index is 941. The number of likely N-dealkylation sites (N-methyl/N-ethyl adjacent to an activating group) is 1. The first kappa shape index (κ1) is 20.6. The van der Waals surface area contributed by atoms with Gasteiger partial charge in [0, 0.05) is 69.2 Å². The summed E-state index contributed by atoms with van der Waals surface area (Å²) in [5.41, 5.74) is 1.62. The number of aromatic nitrogens is 4. The molecule has 0 radical (unpaired) electrons. The van der Waals surface area contributed by atoms with Crippen molar-refractivity contribution in [2.45, 2.75) is 29.5 Å². The van der Waals surface area contributed by atoms with Crippen LogP contribution in [0.5, 0.6) is 0 Å². The predicted molar refractivity (Wildman–Crippen MR) is 112 cm³/mol. The molecule has 2 aromatic rings. The van der Waals surface area contributed by atoms with E-state index in [1.807, 2.05) is 12.3 Å². The van der Waals surface area contributed by atoms with Crippen molar-refractivity contribution in [3.63, 3.8) is 0 Å². The van der Waals surface area contributed by atoms with E-state index < -0.39 is 9.84 Å². The number of hydrogen-bond donors (Lipinski definition) is 0. The predicted octanol–water partition coefficient (Wildman–Crippen LogP) is 0.863. The van der Waals surface area contributed by atoms with Crippen molar-refractivity contribution >= 4 is 27.3 Å². The van der Waals surface area contributed by atoms with Gasteiger partial charge in [0.15, 0.2) is 14.0 Å². The van der Waals surface area contributed by atoms with Crippen LogP contribution in [0.15, 0.2) is 16.5 Å². The molecule has 4 rings (SSSR count). The van der Waals surface area contributed by atoms with Crippen LogP contribution in [0.2, 0.25) is 0 Å². The lowest BCUT2D eigenvalue weighted by Crippen LogP contribution is -2.45. The van der Waals surface area contributed by atoms with Crippen LogP contribution in [0.25, 0.3) is 0 Å². The smallest absolute Gasteiger partial charge is 0.225 e. The van der Waals surface area contributed by atoms with E-state index in [1.165, 1.54) is 6.26 Å². The van der Waals surface area contributed by atoms with Gasteiger partial charge in [0.05, 0.1) is 11.4 Å². The SMILES string of the molecule is CN1CCN(c2nccc(CN3CCC[C@H](c4nnsc4S(C)(=O)=O)C3)n2)CC1. The monoisotopic (exact) mass is 437 g/mol. The van der Waals surface area contributed by atoms with Crippen LogP contribution in [-0.2, 0) is 16.4 Å². The molecule has 2 saturated heterocycles. The van der Waals surface area contributed by atoms with E-state index in [0.717, 1.165) is 81.8 Å². The third kappa shape index (κ3) is 4.90. The summed E-state index contributed by atoms with van der Waals surface area (Å²) in [5, 5.41) is 4.16. The van der Waals surface area contributed by atoms with Crippen LogP contribution >= 0.6 is 11.5 Å². The Kier molecular flexibility index (Phi) is 6.09. The molecule has 2 fully saturated rings. The van der Waals surface area contributed by atoms with E-state index in [0.29, 0.717) is 9.90 Å². The summed E-state index contributed by atoms with van der Waals surface area (Å²) < 4.78 is 28.3. The Balaban J connectivity index is 1.44. The van der Waals surface area contributed by atoms with Gasteiger partial charge in [0.2, 0.25) is 5.95 Å². The van der Waals surface area contributed by atoms with Crippen LogP contribution < -0.4 is 4.90 Å². The standard InChI is InChI=1S/C18H27N7O2S2/c1-23-8-10-25(11-9-23)18-19-6-5-15(20-18)13-24-7-3-4-14(12-24)16-17(28-22-21-16)29(2,26)27/h5-6,14H,3-4,7-13H2,1-2H3/t14-/m0/s1. The molecule has 0 N–H and O–H groups in total. The Morgan fingerprint density at radius 2 is 2.00 bits per heavy atom. The molecule has 1 atom stereocenters. The quantitative estimate of drug-likeness (QED) is 0.675. The number of likely N-dealkylation sites (tertiary alicyclic amines) is 1. The first-order chi connectivity index (χ1) is 13.9. The topological polar surface area (TPSA) is 95.4 Å². The highest BCUT2D eigenvalue weighted by molar-refractivity contribution is 7.92. The molecule has 4 heterocycles. The Hall–Kier alpha value is -1.69. The number of rotatable bonds is 5. The highest BCUT2D eigenvalue weighted by Crippen LogP contribution is 2.32. The zero-order chi connectivity index (χ0) is 20.4. The number of sulfone groups is 1. The summed E-state index contributed by atoms with van der Waals surface area (Å²) in [6.07, 6.45) is 5.00. The molecular weight excluding hydrogens is 410 g/mol. The van der Waals surface area contributed by atoms with E-state index in [4.69, 9.17) is 4.98 Å². The molecule has 2 aliphatic rings. The Morgan fingerprint density at radius 1 is 1.21 bits per heavy atom. The molecule has 0 bridgehead atoms. The second-order valence-corrected chi connectivity index (χ2v) is 10.9. The number of piperidine rings is 1. The normalized spacial score (nSPS) is 22.1. The summed E-state index contributed by atoms with van der Waals surface area (Å²) >= 11 is 0.976. The van der Waals surface area contributed by atoms with Crippen molar-refractivity contribution in [1.29, 1.82) is 0 Å². The van der Waals surface area contributed by atoms with Gasteiger partial charge in [0.1, 0.15) is 0 Å². The van der Waals surface area contributed by atoms with Crippen LogP contribution in [0.4, 0.5) is 5.95 Å². The van der Waals surface area contributed by atoms with Crippen molar-refractivity contribution < 1.29 is 8.42 Å². The highest BCUT2D eigenvalue weighted by Gasteiger charge is 2.29. The molecule has 2 aromatic heterocycles. The second-order valence-electron chi connectivity index (χ2n) is 7.93. The van der Waals surface area contributed by atoms with Crippen LogP contribution in [-0.4, -0.2) is 90.3 Å². The summed E-state index contributed by atoms with van der Waals surface area (Å²) in [6, 6.07) is 1.97. The van der Waals surface area contributed by atoms with Gasteiger partial charge >= 0.3 is 0 Å². The highest BCUT2D eigenvalue weighted by atomic mass is 32.2. The molecular formula is C18H27N7O2S2. The minimum Gasteiger partial charge on any atom is -0.338 e. The minimum absolute atomic E-state index is 0.0890. The molecule has 0 aliphatic carbocycles. The van der Waals surface area contributed by atoms with Crippen molar-refractivity contribution in [3.8, 4) is 0 Å². The maximum atomic E-state index is 12.0. The average molecular weight is 438 g/mol. The third-order valence-corrected chi connectivity index (χ3v) is 8.14.